The number of carboxylic acids is 1. The second-order valence-electron chi connectivity index (χ2n) is 3.21. The van der Waals surface area contributed by atoms with Crippen molar-refractivity contribution in [2.45, 2.75) is 26.4 Å². The average Bonchev–Trinajstić information content (AvgIpc) is 2.16. The molecule has 1 rings (SSSR count). The van der Waals surface area contributed by atoms with Gasteiger partial charge in [-0.3, -0.25) is 15.1 Å². The van der Waals surface area contributed by atoms with Crippen molar-refractivity contribution in [3.63, 3.8) is 0 Å². The Morgan fingerprint density at radius 2 is 2.43 bits per heavy atom. The molecule has 0 unspecified atom stereocenters. The fourth-order valence-electron chi connectivity index (χ4n) is 1.04. The Hall–Kier alpha value is -1.42. The van der Waals surface area contributed by atoms with Crippen LogP contribution < -0.4 is 5.32 Å². The number of nitrogens with one attached hydrogen (secondary N) is 1. The van der Waals surface area contributed by atoms with E-state index in [4.69, 9.17) is 5.11 Å². The maximum absolute atomic E-state index is 10.5. The number of carboxylic acid groups (broad SMARTS) is 1. The van der Waals surface area contributed by atoms with Crippen LogP contribution in [-0.4, -0.2) is 22.1 Å². The predicted molar refractivity (Wildman–Crippen MR) is 52.9 cm³/mol. The second-order valence-corrected chi connectivity index (χ2v) is 3.21. The molecule has 0 saturated heterocycles. The molecule has 4 nitrogen and oxygen atoms in total. The zero-order valence-corrected chi connectivity index (χ0v) is 8.32. The van der Waals surface area contributed by atoms with Crippen LogP contribution in [0.25, 0.3) is 0 Å². The molecule has 4 heteroatoms. The summed E-state index contributed by atoms with van der Waals surface area (Å²) in [6.07, 6.45) is 1.70. The lowest BCUT2D eigenvalue weighted by molar-refractivity contribution is -0.139. The molecule has 1 atom stereocenters. The summed E-state index contributed by atoms with van der Waals surface area (Å²) in [5, 5.41) is 11.5. The van der Waals surface area contributed by atoms with Gasteiger partial charge in [-0.15, -0.1) is 0 Å². The topological polar surface area (TPSA) is 62.2 Å². The van der Waals surface area contributed by atoms with Gasteiger partial charge in [0.05, 0.1) is 5.69 Å². The highest BCUT2D eigenvalue weighted by molar-refractivity contribution is 5.72. The molecule has 0 amide bonds. The molecule has 0 saturated carbocycles. The Kier molecular flexibility index (Phi) is 3.59. The third-order valence-corrected chi connectivity index (χ3v) is 2.06. The minimum absolute atomic E-state index is 0.486. The van der Waals surface area contributed by atoms with Crippen molar-refractivity contribution in [2.75, 3.05) is 0 Å². The van der Waals surface area contributed by atoms with E-state index in [2.05, 4.69) is 10.3 Å². The van der Waals surface area contributed by atoms with Crippen molar-refractivity contribution in [1.82, 2.24) is 10.3 Å². The number of carbonyl (C=O) groups is 1. The van der Waals surface area contributed by atoms with Crippen molar-refractivity contribution in [3.05, 3.63) is 29.6 Å². The van der Waals surface area contributed by atoms with Crippen LogP contribution in [0.4, 0.5) is 0 Å². The van der Waals surface area contributed by atoms with E-state index < -0.39 is 12.0 Å². The van der Waals surface area contributed by atoms with E-state index in [0.717, 1.165) is 11.3 Å². The molecule has 0 aliphatic rings. The van der Waals surface area contributed by atoms with Crippen molar-refractivity contribution < 1.29 is 9.90 Å². The number of aromatic nitrogens is 1. The van der Waals surface area contributed by atoms with E-state index in [1.54, 1.807) is 13.1 Å². The SMILES string of the molecule is Cc1cccnc1CN[C@@H](C)C(=O)O. The average molecular weight is 194 g/mol. The fourth-order valence-corrected chi connectivity index (χ4v) is 1.04. The van der Waals surface area contributed by atoms with E-state index in [1.165, 1.54) is 0 Å². The number of pyridine rings is 1. The Balaban J connectivity index is 2.54. The van der Waals surface area contributed by atoms with Crippen LogP contribution in [0.3, 0.4) is 0 Å². The van der Waals surface area contributed by atoms with Crippen LogP contribution in [0, 0.1) is 6.92 Å². The monoisotopic (exact) mass is 194 g/mol. The van der Waals surface area contributed by atoms with Crippen LogP contribution in [0.15, 0.2) is 18.3 Å². The minimum atomic E-state index is -0.849. The first kappa shape index (κ1) is 10.7. The van der Waals surface area contributed by atoms with Crippen molar-refractivity contribution in [2.24, 2.45) is 0 Å². The highest BCUT2D eigenvalue weighted by Gasteiger charge is 2.09. The van der Waals surface area contributed by atoms with Gasteiger partial charge >= 0.3 is 5.97 Å². The molecular weight excluding hydrogens is 180 g/mol. The van der Waals surface area contributed by atoms with Gasteiger partial charge in [0.2, 0.25) is 0 Å². The molecule has 14 heavy (non-hydrogen) atoms. The molecule has 1 heterocycles. The number of nitrogens with zero attached hydrogens (tertiary/aromatic N) is 1. The van der Waals surface area contributed by atoms with Gasteiger partial charge in [0.1, 0.15) is 6.04 Å². The van der Waals surface area contributed by atoms with Crippen molar-refractivity contribution in [3.8, 4) is 0 Å². The van der Waals surface area contributed by atoms with Crippen LogP contribution in [0.1, 0.15) is 18.2 Å². The Bertz CT molecular complexity index is 326. The molecule has 2 N–H and O–H groups in total. The van der Waals surface area contributed by atoms with Gasteiger partial charge in [0.25, 0.3) is 0 Å². The molecule has 76 valence electrons. The van der Waals surface area contributed by atoms with Crippen molar-refractivity contribution in [1.29, 1.82) is 0 Å². The summed E-state index contributed by atoms with van der Waals surface area (Å²) in [6.45, 7) is 4.05. The maximum Gasteiger partial charge on any atom is 0.320 e. The van der Waals surface area contributed by atoms with E-state index >= 15 is 0 Å². The Labute approximate surface area is 83.0 Å². The first-order valence-corrected chi connectivity index (χ1v) is 4.48. The molecule has 1 aromatic rings. The number of aliphatic carboxylic acids is 1. The lowest BCUT2D eigenvalue weighted by atomic mass is 10.2. The van der Waals surface area contributed by atoms with Gasteiger partial charge in [-0.2, -0.15) is 0 Å². The van der Waals surface area contributed by atoms with Gasteiger partial charge in [-0.1, -0.05) is 6.07 Å². The van der Waals surface area contributed by atoms with Crippen LogP contribution in [0.2, 0.25) is 0 Å². The first-order valence-electron chi connectivity index (χ1n) is 4.48. The van der Waals surface area contributed by atoms with Crippen molar-refractivity contribution >= 4 is 5.97 Å². The predicted octanol–water partition coefficient (Wildman–Crippen LogP) is 0.953. The maximum atomic E-state index is 10.5. The number of hydrogen-bond acceptors (Lipinski definition) is 3. The summed E-state index contributed by atoms with van der Waals surface area (Å²) in [5.41, 5.74) is 1.96. The Morgan fingerprint density at radius 1 is 1.71 bits per heavy atom. The van der Waals surface area contributed by atoms with Gasteiger partial charge in [0.15, 0.2) is 0 Å². The van der Waals surface area contributed by atoms with Gasteiger partial charge in [0, 0.05) is 12.7 Å². The van der Waals surface area contributed by atoms with Gasteiger partial charge < -0.3 is 5.11 Å². The summed E-state index contributed by atoms with van der Waals surface area (Å²) in [4.78, 5) is 14.7. The highest BCUT2D eigenvalue weighted by atomic mass is 16.4. The van der Waals surface area contributed by atoms with Crippen LogP contribution >= 0.6 is 0 Å². The smallest absolute Gasteiger partial charge is 0.320 e. The summed E-state index contributed by atoms with van der Waals surface area (Å²) >= 11 is 0. The summed E-state index contributed by atoms with van der Waals surface area (Å²) in [5.74, 6) is -0.849. The molecule has 0 fully saturated rings. The summed E-state index contributed by atoms with van der Waals surface area (Å²) in [7, 11) is 0. The van der Waals surface area contributed by atoms with Crippen LogP contribution in [-0.2, 0) is 11.3 Å². The van der Waals surface area contributed by atoms with Crippen LogP contribution in [0.5, 0.6) is 0 Å². The molecule has 0 spiro atoms. The number of hydrogen-bond donors (Lipinski definition) is 2. The zero-order chi connectivity index (χ0) is 10.6. The fraction of sp³-hybridized carbons (Fsp3) is 0.400. The molecule has 0 aromatic carbocycles. The standard InChI is InChI=1S/C10H14N2O2/c1-7-4-3-5-11-9(7)6-12-8(2)10(13)14/h3-5,8,12H,6H2,1-2H3,(H,13,14)/t8-/m0/s1. The van der Waals surface area contributed by atoms with E-state index in [9.17, 15) is 4.79 Å². The third-order valence-electron chi connectivity index (χ3n) is 2.06. The molecular formula is C10H14N2O2. The first-order chi connectivity index (χ1) is 6.61. The van der Waals surface area contributed by atoms with E-state index in [0.29, 0.717) is 6.54 Å². The normalized spacial score (nSPS) is 12.4. The largest absolute Gasteiger partial charge is 0.480 e. The Morgan fingerprint density at radius 3 is 3.00 bits per heavy atom. The molecule has 0 bridgehead atoms. The van der Waals surface area contributed by atoms with Gasteiger partial charge in [-0.05, 0) is 25.5 Å². The van der Waals surface area contributed by atoms with E-state index in [1.807, 2.05) is 19.1 Å². The third kappa shape index (κ3) is 2.81. The molecule has 0 aliphatic carbocycles. The lowest BCUT2D eigenvalue weighted by Gasteiger charge is -2.09. The lowest BCUT2D eigenvalue weighted by Crippen LogP contribution is -2.33. The number of aryl methyl sites for hydroxylation is 1. The second kappa shape index (κ2) is 4.72. The summed E-state index contributed by atoms with van der Waals surface area (Å²) in [6, 6.07) is 3.27. The quantitative estimate of drug-likeness (QED) is 0.749. The summed E-state index contributed by atoms with van der Waals surface area (Å²) < 4.78 is 0. The van der Waals surface area contributed by atoms with E-state index in [-0.39, 0.29) is 0 Å². The zero-order valence-electron chi connectivity index (χ0n) is 8.32. The minimum Gasteiger partial charge on any atom is -0.480 e. The molecule has 1 aromatic heterocycles. The van der Waals surface area contributed by atoms with Gasteiger partial charge in [-0.25, -0.2) is 0 Å². The molecule has 0 radical (unpaired) electrons. The number of rotatable bonds is 4. The highest BCUT2D eigenvalue weighted by Crippen LogP contribution is 2.02. The molecule has 0 aliphatic heterocycles.